The van der Waals surface area contributed by atoms with E-state index in [-0.39, 0.29) is 17.3 Å². The van der Waals surface area contributed by atoms with Gasteiger partial charge in [0.2, 0.25) is 20.0 Å². The molecule has 1 aliphatic rings. The van der Waals surface area contributed by atoms with Crippen LogP contribution in [-0.2, 0) is 20.0 Å². The number of hydrogen-bond acceptors (Lipinski definition) is 5. The largest absolute Gasteiger partial charge is 0.322 e. The molecule has 0 saturated carbocycles. The third kappa shape index (κ3) is 6.21. The van der Waals surface area contributed by atoms with Crippen molar-refractivity contribution >= 4 is 37.3 Å². The molecule has 8 nitrogen and oxygen atoms in total. The zero-order valence-corrected chi connectivity index (χ0v) is 20.2. The summed E-state index contributed by atoms with van der Waals surface area (Å²) in [4.78, 5) is 12.8. The van der Waals surface area contributed by atoms with Gasteiger partial charge in [0, 0.05) is 24.3 Å². The van der Waals surface area contributed by atoms with E-state index in [4.69, 9.17) is 0 Å². The summed E-state index contributed by atoms with van der Waals surface area (Å²) in [5.41, 5.74) is 1.23. The lowest BCUT2D eigenvalue weighted by atomic mass is 10.2. The van der Waals surface area contributed by atoms with E-state index in [9.17, 15) is 21.6 Å². The Kier molecular flexibility index (Phi) is 7.93. The molecule has 0 spiro atoms. The van der Waals surface area contributed by atoms with E-state index in [2.05, 4.69) is 11.9 Å². The molecule has 2 aromatic rings. The number of anilines is 2. The maximum Gasteiger partial charge on any atom is 0.255 e. The van der Waals surface area contributed by atoms with Gasteiger partial charge in [0.15, 0.2) is 0 Å². The first kappa shape index (κ1) is 24.9. The second-order valence-electron chi connectivity index (χ2n) is 7.93. The van der Waals surface area contributed by atoms with Gasteiger partial charge >= 0.3 is 0 Å². The number of carbonyl (C=O) groups is 1. The zero-order chi connectivity index (χ0) is 24.1. The Hall–Kier alpha value is -2.69. The molecule has 1 heterocycles. The highest BCUT2D eigenvalue weighted by Gasteiger charge is 2.25. The van der Waals surface area contributed by atoms with Crippen molar-refractivity contribution in [2.24, 2.45) is 0 Å². The summed E-state index contributed by atoms with van der Waals surface area (Å²) in [5.74, 6) is -0.390. The highest BCUT2D eigenvalue weighted by atomic mass is 32.2. The van der Waals surface area contributed by atoms with Crippen LogP contribution in [0, 0.1) is 0 Å². The maximum absolute atomic E-state index is 12.9. The van der Waals surface area contributed by atoms with Crippen LogP contribution in [0.3, 0.4) is 0 Å². The Bertz CT molecular complexity index is 1180. The van der Waals surface area contributed by atoms with Crippen molar-refractivity contribution in [1.29, 1.82) is 0 Å². The number of nitrogens with one attached hydrogen (secondary N) is 1. The van der Waals surface area contributed by atoms with Gasteiger partial charge in [0.1, 0.15) is 0 Å². The molecule has 0 aliphatic carbocycles. The average Bonchev–Trinajstić information content (AvgIpc) is 3.07. The molecule has 178 valence electrons. The van der Waals surface area contributed by atoms with Crippen LogP contribution in [0.5, 0.6) is 0 Å². The predicted molar refractivity (Wildman–Crippen MR) is 130 cm³/mol. The molecule has 0 bridgehead atoms. The summed E-state index contributed by atoms with van der Waals surface area (Å²) in [5, 5.41) is 2.74. The molecule has 10 heteroatoms. The second-order valence-corrected chi connectivity index (χ2v) is 11.8. The van der Waals surface area contributed by atoms with Gasteiger partial charge in [0.05, 0.1) is 23.4 Å². The van der Waals surface area contributed by atoms with E-state index in [0.717, 1.165) is 31.9 Å². The molecule has 3 rings (SSSR count). The Balaban J connectivity index is 1.70. The highest BCUT2D eigenvalue weighted by Crippen LogP contribution is 2.23. The van der Waals surface area contributed by atoms with E-state index >= 15 is 0 Å². The normalized spacial score (nSPS) is 15.4. The van der Waals surface area contributed by atoms with E-state index < -0.39 is 20.0 Å². The number of carbonyl (C=O) groups excluding carboxylic acids is 1. The summed E-state index contributed by atoms with van der Waals surface area (Å²) in [6.07, 6.45) is 6.40. The van der Waals surface area contributed by atoms with Gasteiger partial charge in [-0.05, 0) is 61.4 Å². The fourth-order valence-electron chi connectivity index (χ4n) is 3.67. The third-order valence-corrected chi connectivity index (χ3v) is 8.50. The minimum absolute atomic E-state index is 0.122. The van der Waals surface area contributed by atoms with Crippen molar-refractivity contribution in [3.05, 3.63) is 66.7 Å². The van der Waals surface area contributed by atoms with Crippen LogP contribution in [-0.4, -0.2) is 52.9 Å². The molecule has 1 fully saturated rings. The van der Waals surface area contributed by atoms with E-state index in [1.165, 1.54) is 39.0 Å². The summed E-state index contributed by atoms with van der Waals surface area (Å²) in [6.45, 7) is 4.75. The minimum atomic E-state index is -3.55. The van der Waals surface area contributed by atoms with Crippen LogP contribution >= 0.6 is 0 Å². The van der Waals surface area contributed by atoms with Gasteiger partial charge in [-0.15, -0.1) is 6.58 Å². The minimum Gasteiger partial charge on any atom is -0.322 e. The standard InChI is InChI=1S/C23H29N3O5S2/c1-3-16-26(32(2,28)29)21-12-8-19(9-13-21)23(27)24-20-10-14-22(15-11-20)33(30,31)25-17-6-4-5-7-18-25/h3,8-15H,1,4-7,16-18H2,2H3,(H,24,27). The van der Waals surface area contributed by atoms with Gasteiger partial charge in [0.25, 0.3) is 5.91 Å². The third-order valence-electron chi connectivity index (χ3n) is 5.43. The predicted octanol–water partition coefficient (Wildman–Crippen LogP) is 3.46. The fraction of sp³-hybridized carbons (Fsp3) is 0.348. The topological polar surface area (TPSA) is 104 Å². The van der Waals surface area contributed by atoms with Crippen LogP contribution < -0.4 is 9.62 Å². The number of nitrogens with zero attached hydrogens (tertiary/aromatic N) is 2. The number of rotatable bonds is 8. The Morgan fingerprint density at radius 2 is 1.55 bits per heavy atom. The first-order chi connectivity index (χ1) is 15.6. The molecule has 1 saturated heterocycles. The molecular formula is C23H29N3O5S2. The van der Waals surface area contributed by atoms with Crippen molar-refractivity contribution in [3.63, 3.8) is 0 Å². The van der Waals surface area contributed by atoms with Crippen molar-refractivity contribution in [3.8, 4) is 0 Å². The van der Waals surface area contributed by atoms with E-state index in [1.807, 2.05) is 0 Å². The molecule has 1 N–H and O–H groups in total. The molecule has 0 unspecified atom stereocenters. The monoisotopic (exact) mass is 491 g/mol. The smallest absolute Gasteiger partial charge is 0.255 e. The SMILES string of the molecule is C=CCN(c1ccc(C(=O)Nc2ccc(S(=O)(=O)N3CCCCCC3)cc2)cc1)S(C)(=O)=O. The van der Waals surface area contributed by atoms with Gasteiger partial charge < -0.3 is 5.32 Å². The van der Waals surface area contributed by atoms with Crippen molar-refractivity contribution in [1.82, 2.24) is 4.31 Å². The van der Waals surface area contributed by atoms with Gasteiger partial charge in [-0.25, -0.2) is 16.8 Å². The van der Waals surface area contributed by atoms with Crippen molar-refractivity contribution in [2.75, 3.05) is 35.5 Å². The molecule has 0 aromatic heterocycles. The average molecular weight is 492 g/mol. The Labute approximate surface area is 196 Å². The van der Waals surface area contributed by atoms with Crippen LogP contribution in [0.1, 0.15) is 36.0 Å². The lowest BCUT2D eigenvalue weighted by Gasteiger charge is -2.21. The summed E-state index contributed by atoms with van der Waals surface area (Å²) in [7, 11) is -7.03. The van der Waals surface area contributed by atoms with Gasteiger partial charge in [-0.2, -0.15) is 4.31 Å². The summed E-state index contributed by atoms with van der Waals surface area (Å²) >= 11 is 0. The first-order valence-electron chi connectivity index (χ1n) is 10.7. The highest BCUT2D eigenvalue weighted by molar-refractivity contribution is 7.92. The number of benzene rings is 2. The number of amides is 1. The van der Waals surface area contributed by atoms with E-state index in [1.54, 1.807) is 24.3 Å². The van der Waals surface area contributed by atoms with Crippen molar-refractivity contribution < 1.29 is 21.6 Å². The Morgan fingerprint density at radius 3 is 2.06 bits per heavy atom. The molecular weight excluding hydrogens is 462 g/mol. The molecule has 2 aromatic carbocycles. The number of sulfonamides is 2. The lowest BCUT2D eigenvalue weighted by Crippen LogP contribution is -2.31. The molecule has 33 heavy (non-hydrogen) atoms. The molecule has 0 radical (unpaired) electrons. The first-order valence-corrected chi connectivity index (χ1v) is 14.0. The molecule has 0 atom stereocenters. The number of hydrogen-bond donors (Lipinski definition) is 1. The molecule has 1 aliphatic heterocycles. The van der Waals surface area contributed by atoms with Crippen molar-refractivity contribution in [2.45, 2.75) is 30.6 Å². The van der Waals surface area contributed by atoms with Crippen LogP contribution in [0.4, 0.5) is 11.4 Å². The summed E-state index contributed by atoms with van der Waals surface area (Å²) < 4.78 is 52.4. The second kappa shape index (κ2) is 10.5. The Morgan fingerprint density at radius 1 is 0.970 bits per heavy atom. The lowest BCUT2D eigenvalue weighted by molar-refractivity contribution is 0.102. The molecule has 1 amide bonds. The fourth-order valence-corrected chi connectivity index (χ4v) is 6.07. The van der Waals surface area contributed by atoms with Crippen LogP contribution in [0.2, 0.25) is 0 Å². The van der Waals surface area contributed by atoms with E-state index in [0.29, 0.717) is 30.0 Å². The zero-order valence-electron chi connectivity index (χ0n) is 18.6. The quantitative estimate of drug-likeness (QED) is 0.570. The van der Waals surface area contributed by atoms with Gasteiger partial charge in [-0.3, -0.25) is 9.10 Å². The maximum atomic E-state index is 12.9. The van der Waals surface area contributed by atoms with Crippen LogP contribution in [0.15, 0.2) is 66.1 Å². The summed E-state index contributed by atoms with van der Waals surface area (Å²) in [6, 6.07) is 12.3. The van der Waals surface area contributed by atoms with Gasteiger partial charge in [-0.1, -0.05) is 18.9 Å². The van der Waals surface area contributed by atoms with Crippen LogP contribution in [0.25, 0.3) is 0 Å².